The quantitative estimate of drug-likeness (QED) is 0.181. The second-order valence-electron chi connectivity index (χ2n) is 16.3. The lowest BCUT2D eigenvalue weighted by atomic mass is 9.81. The monoisotopic (exact) mass is 751 g/mol. The molecule has 1 N–H and O–H groups in total. The van der Waals surface area contributed by atoms with Crippen LogP contribution in [0.1, 0.15) is 85.2 Å². The van der Waals surface area contributed by atoms with Crippen LogP contribution in [-0.4, -0.2) is 85.8 Å². The molecule has 2 amide bonds. The summed E-state index contributed by atoms with van der Waals surface area (Å²) in [7, 11) is 0.466. The van der Waals surface area contributed by atoms with Gasteiger partial charge < -0.3 is 14.2 Å². The average molecular weight is 752 g/mol. The number of carbonyl (C=O) groups excluding carboxylic acids is 2. The first kappa shape index (κ1) is 36.8. The highest BCUT2D eigenvalue weighted by Gasteiger charge is 2.55. The van der Waals surface area contributed by atoms with E-state index in [1.807, 2.05) is 24.3 Å². The van der Waals surface area contributed by atoms with Crippen LogP contribution in [0.4, 0.5) is 0 Å². The van der Waals surface area contributed by atoms with Crippen molar-refractivity contribution in [2.75, 3.05) is 40.8 Å². The van der Waals surface area contributed by atoms with Crippen molar-refractivity contribution in [2.24, 2.45) is 11.3 Å². The summed E-state index contributed by atoms with van der Waals surface area (Å²) < 4.78 is 36.4. The fraction of sp³-hybridized carbons (Fsp3) is 0.488. The van der Waals surface area contributed by atoms with Gasteiger partial charge in [-0.05, 0) is 103 Å². The molecule has 0 spiro atoms. The molecule has 2 atom stereocenters. The standard InChI is InChI=1S/C43H53N5O5S/c1-45(2)54(51,52)44-41(49)33-18-21-36-37(25-33)48(40(32-16-19-35(53-3)20-17-32)39(36)31-13-8-5-9-14-31)29-43(22-23-43)42(50)47-24-10-15-34-27-46(28-38(34)47)26-30-11-6-4-7-12-30/h4,6-7,11-12,16-21,25,31,34,38H,5,8-10,13-15,22-24,26-29H2,1-3H3,(H,44,49). The van der Waals surface area contributed by atoms with Crippen molar-refractivity contribution in [1.82, 2.24) is 23.4 Å². The number of carbonyl (C=O) groups is 2. The van der Waals surface area contributed by atoms with Crippen molar-refractivity contribution >= 4 is 32.9 Å². The smallest absolute Gasteiger partial charge is 0.303 e. The van der Waals surface area contributed by atoms with Gasteiger partial charge in [-0.25, -0.2) is 4.72 Å². The molecule has 54 heavy (non-hydrogen) atoms. The van der Waals surface area contributed by atoms with Crippen LogP contribution in [0.15, 0.2) is 72.8 Å². The van der Waals surface area contributed by atoms with Gasteiger partial charge in [0.15, 0.2) is 0 Å². The van der Waals surface area contributed by atoms with Gasteiger partial charge in [-0.1, -0.05) is 55.7 Å². The van der Waals surface area contributed by atoms with Crippen LogP contribution in [-0.2, 0) is 28.1 Å². The van der Waals surface area contributed by atoms with Crippen LogP contribution in [0, 0.1) is 11.3 Å². The lowest BCUT2D eigenvalue weighted by Gasteiger charge is -2.39. The second-order valence-corrected chi connectivity index (χ2v) is 18.2. The summed E-state index contributed by atoms with van der Waals surface area (Å²) in [6.45, 7) is 4.09. The molecule has 2 unspecified atom stereocenters. The van der Waals surface area contributed by atoms with E-state index < -0.39 is 21.5 Å². The molecule has 2 aliphatic heterocycles. The number of amides is 2. The van der Waals surface area contributed by atoms with E-state index >= 15 is 4.79 Å². The Balaban J connectivity index is 1.19. The van der Waals surface area contributed by atoms with Crippen LogP contribution in [0.2, 0.25) is 0 Å². The van der Waals surface area contributed by atoms with E-state index in [-0.39, 0.29) is 17.5 Å². The summed E-state index contributed by atoms with van der Waals surface area (Å²) in [5.41, 5.74) is 5.28. The minimum Gasteiger partial charge on any atom is -0.497 e. The van der Waals surface area contributed by atoms with Gasteiger partial charge >= 0.3 is 10.2 Å². The Kier molecular flexibility index (Phi) is 10.1. The maximum absolute atomic E-state index is 15.0. The van der Waals surface area contributed by atoms with E-state index in [0.29, 0.717) is 18.4 Å². The summed E-state index contributed by atoms with van der Waals surface area (Å²) in [4.78, 5) is 33.3. The highest BCUT2D eigenvalue weighted by molar-refractivity contribution is 7.87. The molecule has 2 aliphatic carbocycles. The summed E-state index contributed by atoms with van der Waals surface area (Å²) >= 11 is 0. The van der Waals surface area contributed by atoms with E-state index in [0.717, 1.165) is 110 Å². The van der Waals surface area contributed by atoms with Gasteiger partial charge in [-0.2, -0.15) is 12.7 Å². The van der Waals surface area contributed by atoms with Gasteiger partial charge in [-0.3, -0.25) is 14.5 Å². The van der Waals surface area contributed by atoms with E-state index in [1.165, 1.54) is 31.6 Å². The predicted octanol–water partition coefficient (Wildman–Crippen LogP) is 6.80. The number of likely N-dealkylation sites (tertiary alicyclic amines) is 2. The molecule has 2 saturated carbocycles. The van der Waals surface area contributed by atoms with Gasteiger partial charge in [0, 0.05) is 69.3 Å². The van der Waals surface area contributed by atoms with E-state index in [1.54, 1.807) is 13.2 Å². The zero-order chi connectivity index (χ0) is 37.6. The fourth-order valence-electron chi connectivity index (χ4n) is 9.50. The van der Waals surface area contributed by atoms with Crippen molar-refractivity contribution in [3.63, 3.8) is 0 Å². The Morgan fingerprint density at radius 2 is 1.65 bits per heavy atom. The first-order valence-electron chi connectivity index (χ1n) is 19.7. The van der Waals surface area contributed by atoms with E-state index in [2.05, 4.69) is 61.6 Å². The lowest BCUT2D eigenvalue weighted by Crippen LogP contribution is -2.51. The van der Waals surface area contributed by atoms with Crippen molar-refractivity contribution in [2.45, 2.75) is 82.8 Å². The minimum absolute atomic E-state index is 0.210. The molecule has 4 fully saturated rings. The number of nitrogens with zero attached hydrogens (tertiary/aromatic N) is 4. The number of methoxy groups -OCH3 is 1. The zero-order valence-electron chi connectivity index (χ0n) is 31.8. The highest BCUT2D eigenvalue weighted by Crippen LogP contribution is 2.53. The third-order valence-electron chi connectivity index (χ3n) is 12.6. The van der Waals surface area contributed by atoms with Crippen molar-refractivity contribution in [3.8, 4) is 17.0 Å². The molecule has 0 bridgehead atoms. The number of ether oxygens (including phenoxy) is 1. The highest BCUT2D eigenvalue weighted by atomic mass is 32.2. The normalized spacial score (nSPS) is 21.7. The van der Waals surface area contributed by atoms with Gasteiger partial charge in [0.1, 0.15) is 5.75 Å². The topological polar surface area (TPSA) is 104 Å². The molecule has 3 aromatic carbocycles. The number of rotatable bonds is 11. The molecular weight excluding hydrogens is 699 g/mol. The van der Waals surface area contributed by atoms with Gasteiger partial charge in [0.2, 0.25) is 5.91 Å². The second kappa shape index (κ2) is 14.8. The summed E-state index contributed by atoms with van der Waals surface area (Å²) in [6.07, 6.45) is 9.48. The number of hydrogen-bond donors (Lipinski definition) is 1. The van der Waals surface area contributed by atoms with E-state index in [4.69, 9.17) is 4.74 Å². The number of piperidine rings is 1. The molecule has 3 heterocycles. The van der Waals surface area contributed by atoms with Crippen LogP contribution in [0.3, 0.4) is 0 Å². The Morgan fingerprint density at radius 1 is 0.907 bits per heavy atom. The molecule has 286 valence electrons. The third-order valence-corrected chi connectivity index (χ3v) is 14.0. The van der Waals surface area contributed by atoms with Crippen LogP contribution in [0.5, 0.6) is 5.75 Å². The molecule has 8 rings (SSSR count). The maximum atomic E-state index is 15.0. The molecule has 4 aromatic rings. The Hall–Kier alpha value is -4.19. The zero-order valence-corrected chi connectivity index (χ0v) is 32.6. The minimum atomic E-state index is -3.99. The molecule has 11 heteroatoms. The van der Waals surface area contributed by atoms with E-state index in [9.17, 15) is 13.2 Å². The Bertz CT molecular complexity index is 2120. The van der Waals surface area contributed by atoms with Crippen LogP contribution in [0.25, 0.3) is 22.2 Å². The lowest BCUT2D eigenvalue weighted by molar-refractivity contribution is -0.142. The molecule has 1 aromatic heterocycles. The fourth-order valence-corrected chi connectivity index (χ4v) is 10.0. The number of nitrogens with one attached hydrogen (secondary N) is 1. The Morgan fingerprint density at radius 3 is 2.33 bits per heavy atom. The molecule has 4 aliphatic rings. The first-order chi connectivity index (χ1) is 26.1. The molecule has 10 nitrogen and oxygen atoms in total. The van der Waals surface area contributed by atoms with Crippen molar-refractivity contribution in [3.05, 3.63) is 89.5 Å². The Labute approximate surface area is 319 Å². The summed E-state index contributed by atoms with van der Waals surface area (Å²) in [5.74, 6) is 1.15. The molecule has 0 radical (unpaired) electrons. The molecular formula is C43H53N5O5S. The maximum Gasteiger partial charge on any atom is 0.303 e. The average Bonchev–Trinajstić information content (AvgIpc) is 3.75. The van der Waals surface area contributed by atoms with Gasteiger partial charge in [0.05, 0.1) is 18.2 Å². The number of hydrogen-bond acceptors (Lipinski definition) is 6. The molecule has 2 saturated heterocycles. The van der Waals surface area contributed by atoms with Crippen molar-refractivity contribution in [1.29, 1.82) is 0 Å². The largest absolute Gasteiger partial charge is 0.497 e. The van der Waals surface area contributed by atoms with Gasteiger partial charge in [0.25, 0.3) is 5.91 Å². The third kappa shape index (κ3) is 7.06. The van der Waals surface area contributed by atoms with Crippen LogP contribution >= 0.6 is 0 Å². The van der Waals surface area contributed by atoms with Crippen LogP contribution < -0.4 is 9.46 Å². The van der Waals surface area contributed by atoms with Crippen molar-refractivity contribution < 1.29 is 22.7 Å². The predicted molar refractivity (Wildman–Crippen MR) is 211 cm³/mol. The summed E-state index contributed by atoms with van der Waals surface area (Å²) in [6, 6.07) is 24.6. The van der Waals surface area contributed by atoms with Gasteiger partial charge in [-0.15, -0.1) is 0 Å². The summed E-state index contributed by atoms with van der Waals surface area (Å²) in [5, 5.41) is 1.06. The number of benzene rings is 3. The SMILES string of the molecule is COc1ccc(-c2c(C3CCCCC3)c3ccc(C(=O)NS(=O)(=O)N(C)C)cc3n2CC2(C(=O)N3CCCC4CN(Cc5ccccc5)CC43)CC2)cc1. The first-order valence-corrected chi connectivity index (χ1v) is 21.1. The number of aromatic nitrogens is 1. The number of fused-ring (bicyclic) bond motifs is 2.